The molecule has 1 amide bonds. The van der Waals surface area contributed by atoms with E-state index >= 15 is 0 Å². The zero-order chi connectivity index (χ0) is 28.4. The van der Waals surface area contributed by atoms with Gasteiger partial charge in [-0.15, -0.1) is 0 Å². The molecule has 1 unspecified atom stereocenters. The van der Waals surface area contributed by atoms with Crippen LogP contribution in [0.25, 0.3) is 0 Å². The van der Waals surface area contributed by atoms with Crippen LogP contribution < -0.4 is 0 Å². The van der Waals surface area contributed by atoms with Gasteiger partial charge in [0.05, 0.1) is 25.9 Å². The predicted octanol–water partition coefficient (Wildman–Crippen LogP) is 5.84. The van der Waals surface area contributed by atoms with E-state index < -0.39 is 6.09 Å². The molecule has 0 spiro atoms. The van der Waals surface area contributed by atoms with E-state index in [-0.39, 0.29) is 30.3 Å². The molecule has 2 aliphatic heterocycles. The maximum atomic E-state index is 11.7. The Hall–Kier alpha value is -3.23. The molecule has 5 atom stereocenters. The van der Waals surface area contributed by atoms with E-state index in [0.717, 1.165) is 36.1 Å². The Balaban J connectivity index is 1.37. The highest BCUT2D eigenvalue weighted by Crippen LogP contribution is 2.30. The summed E-state index contributed by atoms with van der Waals surface area (Å²) in [6.07, 6.45) is 0.373. The van der Waals surface area contributed by atoms with E-state index in [2.05, 4.69) is 48.2 Å². The number of rotatable bonds is 11. The Kier molecular flexibility index (Phi) is 10.4. The highest BCUT2D eigenvalue weighted by atomic mass is 16.6. The van der Waals surface area contributed by atoms with Crippen LogP contribution in [-0.4, -0.2) is 71.5 Å². The van der Waals surface area contributed by atoms with Crippen LogP contribution in [0.1, 0.15) is 36.5 Å². The summed E-state index contributed by atoms with van der Waals surface area (Å²) < 4.78 is 20.0. The number of piperidine rings is 2. The molecule has 0 aliphatic carbocycles. The Bertz CT molecular complexity index is 1200. The fourth-order valence-corrected chi connectivity index (χ4v) is 6.05. The van der Waals surface area contributed by atoms with Crippen molar-refractivity contribution in [3.05, 3.63) is 108 Å². The number of hydrogen-bond acceptors (Lipinski definition) is 5. The number of likely N-dealkylation sites (tertiary alicyclic amines) is 2. The number of carbonyl (C=O) groups is 1. The molecule has 2 heterocycles. The van der Waals surface area contributed by atoms with E-state index in [1.165, 1.54) is 0 Å². The molecule has 0 saturated carbocycles. The minimum Gasteiger partial charge on any atom is -0.465 e. The molecule has 2 aliphatic rings. The number of nitrogens with zero attached hydrogens (tertiary/aromatic N) is 2. The molecular weight excluding hydrogens is 516 g/mol. The van der Waals surface area contributed by atoms with Crippen LogP contribution in [-0.2, 0) is 34.0 Å². The van der Waals surface area contributed by atoms with Gasteiger partial charge in [0.1, 0.15) is 12.2 Å². The average Bonchev–Trinajstić information content (AvgIpc) is 3.01. The summed E-state index contributed by atoms with van der Waals surface area (Å²) in [6, 6.07) is 30.8. The van der Waals surface area contributed by atoms with Crippen LogP contribution in [0.4, 0.5) is 4.79 Å². The lowest BCUT2D eigenvalue weighted by atomic mass is 9.90. The molecule has 2 saturated heterocycles. The van der Waals surface area contributed by atoms with Crippen molar-refractivity contribution in [3.8, 4) is 0 Å². The van der Waals surface area contributed by atoms with Crippen molar-refractivity contribution in [1.29, 1.82) is 0 Å². The van der Waals surface area contributed by atoms with E-state index in [4.69, 9.17) is 14.2 Å². The van der Waals surface area contributed by atoms with E-state index in [1.807, 2.05) is 54.6 Å². The van der Waals surface area contributed by atoms with Crippen LogP contribution in [0.3, 0.4) is 0 Å². The standard InChI is InChI=1S/C34H42N2O5/c1-26-32(40-24-28-14-7-3-8-15-28)33(41-25-29-16-9-4-10-17-29)31(39-23-27-12-5-2-6-13-27)22-36(26)21-30-18-11-19-35(20-30)34(37)38/h2-10,12-17,26,30-33H,11,18-25H2,1H3,(H,37,38)/t26-,30?,31+,32-,33-/m1/s1. The Morgan fingerprint density at radius 2 is 1.27 bits per heavy atom. The third kappa shape index (κ3) is 8.17. The van der Waals surface area contributed by atoms with Crippen molar-refractivity contribution in [3.63, 3.8) is 0 Å². The lowest BCUT2D eigenvalue weighted by molar-refractivity contribution is -0.202. The number of benzene rings is 3. The molecule has 2 fully saturated rings. The van der Waals surface area contributed by atoms with Gasteiger partial charge >= 0.3 is 6.09 Å². The van der Waals surface area contributed by atoms with Gasteiger partial charge in [0, 0.05) is 32.2 Å². The zero-order valence-electron chi connectivity index (χ0n) is 23.9. The third-order valence-corrected chi connectivity index (χ3v) is 8.32. The summed E-state index contributed by atoms with van der Waals surface area (Å²) in [5.74, 6) is 0.272. The molecule has 7 heteroatoms. The highest BCUT2D eigenvalue weighted by Gasteiger charge is 2.44. The number of carboxylic acid groups (broad SMARTS) is 1. The van der Waals surface area contributed by atoms with Gasteiger partial charge in [-0.3, -0.25) is 4.90 Å². The van der Waals surface area contributed by atoms with Gasteiger partial charge in [0.2, 0.25) is 0 Å². The first-order valence-electron chi connectivity index (χ1n) is 14.8. The van der Waals surface area contributed by atoms with Crippen molar-refractivity contribution in [2.45, 2.75) is 63.9 Å². The van der Waals surface area contributed by atoms with E-state index in [9.17, 15) is 9.90 Å². The molecule has 7 nitrogen and oxygen atoms in total. The summed E-state index contributed by atoms with van der Waals surface area (Å²) >= 11 is 0. The minimum absolute atomic E-state index is 0.0660. The maximum Gasteiger partial charge on any atom is 0.407 e. The third-order valence-electron chi connectivity index (χ3n) is 8.32. The first kappa shape index (κ1) is 29.3. The van der Waals surface area contributed by atoms with Crippen LogP contribution in [0, 0.1) is 5.92 Å². The van der Waals surface area contributed by atoms with Crippen LogP contribution in [0.15, 0.2) is 91.0 Å². The smallest absolute Gasteiger partial charge is 0.407 e. The van der Waals surface area contributed by atoms with Gasteiger partial charge in [0.25, 0.3) is 0 Å². The normalized spacial score (nSPS) is 25.2. The van der Waals surface area contributed by atoms with Crippen molar-refractivity contribution in [2.24, 2.45) is 5.92 Å². The maximum absolute atomic E-state index is 11.7. The molecular formula is C34H42N2O5. The molecule has 3 aromatic rings. The van der Waals surface area contributed by atoms with Crippen LogP contribution in [0.5, 0.6) is 0 Å². The molecule has 3 aromatic carbocycles. The largest absolute Gasteiger partial charge is 0.465 e. The van der Waals surface area contributed by atoms with Crippen molar-refractivity contribution in [1.82, 2.24) is 9.80 Å². The molecule has 0 bridgehead atoms. The van der Waals surface area contributed by atoms with E-state index in [0.29, 0.717) is 39.5 Å². The Labute approximate surface area is 243 Å². The fraction of sp³-hybridized carbons (Fsp3) is 0.441. The molecule has 218 valence electrons. The van der Waals surface area contributed by atoms with Crippen molar-refractivity contribution < 1.29 is 24.1 Å². The lowest BCUT2D eigenvalue weighted by Gasteiger charge is -2.48. The zero-order valence-corrected chi connectivity index (χ0v) is 23.9. The minimum atomic E-state index is -0.830. The van der Waals surface area contributed by atoms with Crippen LogP contribution in [0.2, 0.25) is 0 Å². The van der Waals surface area contributed by atoms with Gasteiger partial charge in [-0.05, 0) is 42.4 Å². The summed E-state index contributed by atoms with van der Waals surface area (Å²) in [7, 11) is 0. The van der Waals surface area contributed by atoms with Gasteiger partial charge in [-0.25, -0.2) is 4.79 Å². The summed E-state index contributed by atoms with van der Waals surface area (Å²) in [6.45, 7) is 6.33. The van der Waals surface area contributed by atoms with Crippen LogP contribution >= 0.6 is 0 Å². The second-order valence-corrected chi connectivity index (χ2v) is 11.3. The topological polar surface area (TPSA) is 71.5 Å². The number of amides is 1. The second kappa shape index (κ2) is 14.6. The summed E-state index contributed by atoms with van der Waals surface area (Å²) in [5.41, 5.74) is 3.34. The summed E-state index contributed by atoms with van der Waals surface area (Å²) in [5, 5.41) is 9.60. The predicted molar refractivity (Wildman–Crippen MR) is 158 cm³/mol. The van der Waals surface area contributed by atoms with Gasteiger partial charge in [0.15, 0.2) is 0 Å². The van der Waals surface area contributed by atoms with Crippen molar-refractivity contribution in [2.75, 3.05) is 26.2 Å². The van der Waals surface area contributed by atoms with Gasteiger partial charge < -0.3 is 24.2 Å². The quantitative estimate of drug-likeness (QED) is 0.319. The first-order valence-corrected chi connectivity index (χ1v) is 14.8. The monoisotopic (exact) mass is 558 g/mol. The molecule has 41 heavy (non-hydrogen) atoms. The fourth-order valence-electron chi connectivity index (χ4n) is 6.05. The number of ether oxygens (including phenoxy) is 3. The SMILES string of the molecule is C[C@@H]1[C@@H](OCc2ccccc2)[C@H](OCc2ccccc2)[C@@H](OCc2ccccc2)CN1CC1CCCN(C(=O)O)C1. The number of hydrogen-bond donors (Lipinski definition) is 1. The highest BCUT2D eigenvalue weighted by molar-refractivity contribution is 5.65. The molecule has 0 radical (unpaired) electrons. The molecule has 0 aromatic heterocycles. The van der Waals surface area contributed by atoms with Gasteiger partial charge in [-0.1, -0.05) is 91.0 Å². The average molecular weight is 559 g/mol. The molecule has 1 N–H and O–H groups in total. The van der Waals surface area contributed by atoms with E-state index in [1.54, 1.807) is 4.90 Å². The Morgan fingerprint density at radius 3 is 1.80 bits per heavy atom. The van der Waals surface area contributed by atoms with Crippen molar-refractivity contribution >= 4 is 6.09 Å². The first-order chi connectivity index (χ1) is 20.1. The summed E-state index contributed by atoms with van der Waals surface area (Å²) in [4.78, 5) is 15.7. The molecule has 5 rings (SSSR count). The Morgan fingerprint density at radius 1 is 0.756 bits per heavy atom. The second-order valence-electron chi connectivity index (χ2n) is 11.3. The lowest BCUT2D eigenvalue weighted by Crippen LogP contribution is -2.63. The van der Waals surface area contributed by atoms with Gasteiger partial charge in [-0.2, -0.15) is 0 Å².